The molecular weight excluding hydrogens is 355 g/mol. The van der Waals surface area contributed by atoms with Gasteiger partial charge in [-0.3, -0.25) is 14.9 Å². The molecule has 0 saturated carbocycles. The summed E-state index contributed by atoms with van der Waals surface area (Å²) in [4.78, 5) is 36.4. The number of amides is 1. The van der Waals surface area contributed by atoms with E-state index in [0.717, 1.165) is 0 Å². The summed E-state index contributed by atoms with van der Waals surface area (Å²) in [7, 11) is 0. The van der Waals surface area contributed by atoms with E-state index in [1.807, 2.05) is 0 Å². The summed E-state index contributed by atoms with van der Waals surface area (Å²) in [5.41, 5.74) is 0.371. The van der Waals surface area contributed by atoms with Crippen molar-refractivity contribution in [1.82, 2.24) is 4.90 Å². The number of rotatable bonds is 7. The van der Waals surface area contributed by atoms with Gasteiger partial charge in [0.15, 0.2) is 6.61 Å². The van der Waals surface area contributed by atoms with Gasteiger partial charge in [-0.25, -0.2) is 9.18 Å². The van der Waals surface area contributed by atoms with Gasteiger partial charge in [-0.15, -0.1) is 0 Å². The molecule has 0 aliphatic carbocycles. The third-order valence-corrected chi connectivity index (χ3v) is 3.96. The maximum absolute atomic E-state index is 13.3. The maximum atomic E-state index is 13.3. The van der Waals surface area contributed by atoms with Crippen LogP contribution in [0.25, 0.3) is 0 Å². The van der Waals surface area contributed by atoms with Crippen molar-refractivity contribution in [3.05, 3.63) is 75.1 Å². The topological polar surface area (TPSA) is 89.8 Å². The van der Waals surface area contributed by atoms with Crippen LogP contribution in [-0.2, 0) is 16.1 Å². The summed E-state index contributed by atoms with van der Waals surface area (Å²) in [5, 5.41) is 11.2. The van der Waals surface area contributed by atoms with Crippen molar-refractivity contribution >= 4 is 17.6 Å². The molecule has 1 amide bonds. The van der Waals surface area contributed by atoms with Gasteiger partial charge in [0.25, 0.3) is 11.6 Å². The van der Waals surface area contributed by atoms with Gasteiger partial charge in [0.1, 0.15) is 11.4 Å². The molecule has 0 heterocycles. The predicted octanol–water partition coefficient (Wildman–Crippen LogP) is 3.25. The van der Waals surface area contributed by atoms with Crippen LogP contribution in [0.1, 0.15) is 28.4 Å². The highest BCUT2D eigenvalue weighted by atomic mass is 19.1. The summed E-state index contributed by atoms with van der Waals surface area (Å²) < 4.78 is 18.2. The molecule has 2 aromatic carbocycles. The van der Waals surface area contributed by atoms with E-state index in [0.29, 0.717) is 17.7 Å². The first-order valence-corrected chi connectivity index (χ1v) is 8.26. The highest BCUT2D eigenvalue weighted by molar-refractivity contribution is 5.95. The van der Waals surface area contributed by atoms with E-state index < -0.39 is 29.2 Å². The van der Waals surface area contributed by atoms with E-state index in [4.69, 9.17) is 4.74 Å². The number of ether oxygens (including phenoxy) is 1. The zero-order chi connectivity index (χ0) is 20.0. The number of halogens is 1. The lowest BCUT2D eigenvalue weighted by Crippen LogP contribution is -2.34. The van der Waals surface area contributed by atoms with Crippen molar-refractivity contribution in [3.8, 4) is 0 Å². The molecule has 0 aliphatic heterocycles. The van der Waals surface area contributed by atoms with Crippen molar-refractivity contribution in [3.63, 3.8) is 0 Å². The molecule has 2 aromatic rings. The number of esters is 1. The molecule has 142 valence electrons. The van der Waals surface area contributed by atoms with Crippen molar-refractivity contribution in [2.24, 2.45) is 0 Å². The second-order valence-corrected chi connectivity index (χ2v) is 5.84. The number of nitrogens with zero attached hydrogens (tertiary/aromatic N) is 2. The fourth-order valence-electron chi connectivity index (χ4n) is 2.59. The molecule has 8 heteroatoms. The molecule has 0 atom stereocenters. The Bertz CT molecular complexity index is 869. The number of nitro benzene ring substituents is 1. The Morgan fingerprint density at radius 1 is 1.22 bits per heavy atom. The van der Waals surface area contributed by atoms with Crippen LogP contribution >= 0.6 is 0 Å². The quantitative estimate of drug-likeness (QED) is 0.422. The minimum absolute atomic E-state index is 0.162. The van der Waals surface area contributed by atoms with Gasteiger partial charge in [-0.05, 0) is 37.6 Å². The Morgan fingerprint density at radius 3 is 2.56 bits per heavy atom. The lowest BCUT2D eigenvalue weighted by atomic mass is 10.1. The third-order valence-electron chi connectivity index (χ3n) is 3.96. The molecule has 0 radical (unpaired) electrons. The average Bonchev–Trinajstić information content (AvgIpc) is 2.63. The zero-order valence-corrected chi connectivity index (χ0v) is 15.0. The van der Waals surface area contributed by atoms with Crippen LogP contribution in [0.2, 0.25) is 0 Å². The fraction of sp³-hybridized carbons (Fsp3) is 0.263. The first kappa shape index (κ1) is 20.0. The van der Waals surface area contributed by atoms with E-state index in [9.17, 15) is 24.1 Å². The zero-order valence-electron chi connectivity index (χ0n) is 15.0. The van der Waals surface area contributed by atoms with Crippen molar-refractivity contribution in [1.29, 1.82) is 0 Å². The Morgan fingerprint density at radius 2 is 1.93 bits per heavy atom. The van der Waals surface area contributed by atoms with Gasteiger partial charge < -0.3 is 9.64 Å². The van der Waals surface area contributed by atoms with Gasteiger partial charge in [0.05, 0.1) is 4.92 Å². The molecule has 7 nitrogen and oxygen atoms in total. The molecule has 0 spiro atoms. The molecule has 2 rings (SSSR count). The van der Waals surface area contributed by atoms with Crippen LogP contribution in [0, 0.1) is 22.9 Å². The first-order chi connectivity index (χ1) is 12.8. The van der Waals surface area contributed by atoms with Crippen LogP contribution in [0.3, 0.4) is 0 Å². The number of likely N-dealkylation sites (N-methyl/N-ethyl adjacent to an activating group) is 1. The third kappa shape index (κ3) is 5.10. The lowest BCUT2D eigenvalue weighted by molar-refractivity contribution is -0.385. The van der Waals surface area contributed by atoms with Gasteiger partial charge in [-0.1, -0.05) is 24.3 Å². The monoisotopic (exact) mass is 374 g/mol. The Balaban J connectivity index is 2.04. The van der Waals surface area contributed by atoms with Crippen LogP contribution in [0.15, 0.2) is 42.5 Å². The highest BCUT2D eigenvalue weighted by Crippen LogP contribution is 2.23. The molecule has 0 aliphatic rings. The lowest BCUT2D eigenvalue weighted by Gasteiger charge is -2.21. The molecule has 0 aromatic heterocycles. The van der Waals surface area contributed by atoms with E-state index in [1.54, 1.807) is 19.1 Å². The second kappa shape index (κ2) is 8.88. The predicted molar refractivity (Wildman–Crippen MR) is 95.6 cm³/mol. The minimum atomic E-state index is -0.944. The number of carbonyl (C=O) groups excluding carboxylic acids is 2. The largest absolute Gasteiger partial charge is 0.452 e. The molecule has 0 unspecified atom stereocenters. The molecule has 0 fully saturated rings. The number of aryl methyl sites for hydroxylation is 1. The number of hydrogen-bond donors (Lipinski definition) is 0. The van der Waals surface area contributed by atoms with Gasteiger partial charge in [-0.2, -0.15) is 0 Å². The van der Waals surface area contributed by atoms with Gasteiger partial charge in [0.2, 0.25) is 0 Å². The number of hydrogen-bond acceptors (Lipinski definition) is 5. The van der Waals surface area contributed by atoms with E-state index >= 15 is 0 Å². The smallest absolute Gasteiger partial charge is 0.345 e. The van der Waals surface area contributed by atoms with Gasteiger partial charge in [0, 0.05) is 18.7 Å². The second-order valence-electron chi connectivity index (χ2n) is 5.84. The number of carbonyl (C=O) groups is 2. The average molecular weight is 374 g/mol. The summed E-state index contributed by atoms with van der Waals surface area (Å²) in [6.45, 7) is 3.18. The number of nitro groups is 1. The van der Waals surface area contributed by atoms with Crippen LogP contribution in [-0.4, -0.2) is 34.9 Å². The SMILES string of the molecule is CCN(Cc1cccc(F)c1)C(=O)COC(=O)c1cccc(C)c1[N+](=O)[O-]. The van der Waals surface area contributed by atoms with Crippen LogP contribution < -0.4 is 0 Å². The maximum Gasteiger partial charge on any atom is 0.345 e. The molecule has 27 heavy (non-hydrogen) atoms. The molecule has 0 bridgehead atoms. The number of para-hydroxylation sites is 1. The fourth-order valence-corrected chi connectivity index (χ4v) is 2.59. The van der Waals surface area contributed by atoms with Gasteiger partial charge >= 0.3 is 5.97 Å². The van der Waals surface area contributed by atoms with Crippen LogP contribution in [0.4, 0.5) is 10.1 Å². The summed E-state index contributed by atoms with van der Waals surface area (Å²) >= 11 is 0. The van der Waals surface area contributed by atoms with Crippen molar-refractivity contribution in [2.75, 3.05) is 13.2 Å². The normalized spacial score (nSPS) is 10.3. The Hall–Kier alpha value is -3.29. The van der Waals surface area contributed by atoms with Crippen LogP contribution in [0.5, 0.6) is 0 Å². The molecular formula is C19H19FN2O5. The Kier molecular flexibility index (Phi) is 6.59. The highest BCUT2D eigenvalue weighted by Gasteiger charge is 2.24. The minimum Gasteiger partial charge on any atom is -0.452 e. The van der Waals surface area contributed by atoms with E-state index in [-0.39, 0.29) is 17.8 Å². The molecule has 0 N–H and O–H groups in total. The van der Waals surface area contributed by atoms with Crippen molar-refractivity contribution in [2.45, 2.75) is 20.4 Å². The van der Waals surface area contributed by atoms with E-state index in [1.165, 1.54) is 42.2 Å². The number of benzene rings is 2. The standard InChI is InChI=1S/C19H19FN2O5/c1-3-21(11-14-7-5-8-15(20)10-14)17(23)12-27-19(24)16-9-4-6-13(2)18(16)22(25)26/h4-10H,3,11-12H2,1-2H3. The summed E-state index contributed by atoms with van der Waals surface area (Å²) in [6.07, 6.45) is 0. The van der Waals surface area contributed by atoms with E-state index in [2.05, 4.69) is 0 Å². The summed E-state index contributed by atoms with van der Waals surface area (Å²) in [5.74, 6) is -1.83. The first-order valence-electron chi connectivity index (χ1n) is 8.26. The molecule has 0 saturated heterocycles. The summed E-state index contributed by atoms with van der Waals surface area (Å²) in [6, 6.07) is 10.1. The Labute approximate surface area is 155 Å². The van der Waals surface area contributed by atoms with Crippen molar-refractivity contribution < 1.29 is 23.6 Å².